The van der Waals surface area contributed by atoms with E-state index in [4.69, 9.17) is 16.0 Å². The Morgan fingerprint density at radius 1 is 1.22 bits per heavy atom. The van der Waals surface area contributed by atoms with Crippen LogP contribution in [0.25, 0.3) is 0 Å². The molecule has 0 aliphatic carbocycles. The average molecular weight is 362 g/mol. The lowest BCUT2D eigenvalue weighted by Crippen LogP contribution is -2.35. The van der Waals surface area contributed by atoms with Crippen molar-refractivity contribution in [3.8, 4) is 0 Å². The van der Waals surface area contributed by atoms with Crippen molar-refractivity contribution in [3.63, 3.8) is 0 Å². The van der Waals surface area contributed by atoms with Gasteiger partial charge in [0.2, 0.25) is 0 Å². The van der Waals surface area contributed by atoms with Gasteiger partial charge in [0, 0.05) is 9.50 Å². The second-order valence-corrected chi connectivity index (χ2v) is 10.7. The summed E-state index contributed by atoms with van der Waals surface area (Å²) in [6.45, 7) is 5.14. The molecular formula is C11H13BrClF3OSi. The van der Waals surface area contributed by atoms with Crippen molar-refractivity contribution in [2.75, 3.05) is 0 Å². The Kier molecular flexibility index (Phi) is 4.91. The van der Waals surface area contributed by atoms with E-state index in [1.807, 2.05) is 0 Å². The molecule has 0 fully saturated rings. The Balaban J connectivity index is 3.18. The molecule has 1 nitrogen and oxygen atoms in total. The molecule has 0 N–H and O–H groups in total. The van der Waals surface area contributed by atoms with Crippen molar-refractivity contribution in [2.45, 2.75) is 31.9 Å². The lowest BCUT2D eigenvalue weighted by molar-refractivity contribution is -0.200. The van der Waals surface area contributed by atoms with E-state index in [0.717, 1.165) is 0 Å². The monoisotopic (exact) mass is 360 g/mol. The van der Waals surface area contributed by atoms with Crippen LogP contribution in [0, 0.1) is 0 Å². The Hall–Kier alpha value is -0.0431. The van der Waals surface area contributed by atoms with Gasteiger partial charge in [-0.3, -0.25) is 0 Å². The molecule has 1 unspecified atom stereocenters. The molecule has 0 spiro atoms. The third-order valence-electron chi connectivity index (χ3n) is 1.96. The molecule has 0 aliphatic heterocycles. The highest BCUT2D eigenvalue weighted by molar-refractivity contribution is 9.10. The van der Waals surface area contributed by atoms with Crippen molar-refractivity contribution in [1.29, 1.82) is 0 Å². The maximum atomic E-state index is 13.0. The van der Waals surface area contributed by atoms with E-state index < -0.39 is 20.6 Å². The first-order valence-corrected chi connectivity index (χ1v) is 9.77. The summed E-state index contributed by atoms with van der Waals surface area (Å²) < 4.78 is 44.8. The first kappa shape index (κ1) is 16.0. The van der Waals surface area contributed by atoms with Gasteiger partial charge in [-0.25, -0.2) is 0 Å². The number of rotatable bonds is 3. The first-order valence-electron chi connectivity index (χ1n) is 5.19. The van der Waals surface area contributed by atoms with Crippen LogP contribution >= 0.6 is 27.5 Å². The fourth-order valence-electron chi connectivity index (χ4n) is 1.40. The van der Waals surface area contributed by atoms with Crippen LogP contribution in [0.2, 0.25) is 24.7 Å². The summed E-state index contributed by atoms with van der Waals surface area (Å²) in [5.74, 6) is 0. The zero-order valence-electron chi connectivity index (χ0n) is 10.1. The minimum absolute atomic E-state index is 0.0179. The second kappa shape index (κ2) is 5.52. The van der Waals surface area contributed by atoms with Gasteiger partial charge >= 0.3 is 6.18 Å². The SMILES string of the molecule is C[Si](C)(C)OC(c1cc(Cl)cc(Br)c1)C(F)(F)F. The molecule has 18 heavy (non-hydrogen) atoms. The molecule has 0 aromatic heterocycles. The van der Waals surface area contributed by atoms with Crippen LogP contribution in [0.1, 0.15) is 11.7 Å². The molecule has 0 bridgehead atoms. The van der Waals surface area contributed by atoms with E-state index in [-0.39, 0.29) is 10.6 Å². The van der Waals surface area contributed by atoms with Crippen molar-refractivity contribution in [1.82, 2.24) is 0 Å². The third kappa shape index (κ3) is 4.91. The van der Waals surface area contributed by atoms with Gasteiger partial charge in [-0.1, -0.05) is 27.5 Å². The van der Waals surface area contributed by atoms with Gasteiger partial charge in [0.15, 0.2) is 14.4 Å². The first-order chi connectivity index (χ1) is 7.99. The van der Waals surface area contributed by atoms with Crippen molar-refractivity contribution in [2.24, 2.45) is 0 Å². The summed E-state index contributed by atoms with van der Waals surface area (Å²) in [6, 6.07) is 4.20. The van der Waals surface area contributed by atoms with Crippen molar-refractivity contribution in [3.05, 3.63) is 33.3 Å². The Bertz CT molecular complexity index is 411. The van der Waals surface area contributed by atoms with E-state index in [2.05, 4.69) is 15.9 Å². The van der Waals surface area contributed by atoms with Gasteiger partial charge in [0.25, 0.3) is 0 Å². The Labute approximate surface area is 119 Å². The smallest absolute Gasteiger partial charge is 0.403 e. The number of hydrogen-bond acceptors (Lipinski definition) is 1. The summed E-state index contributed by atoms with van der Waals surface area (Å²) in [6.07, 6.45) is -6.39. The average Bonchev–Trinajstić information content (AvgIpc) is 2.09. The lowest BCUT2D eigenvalue weighted by Gasteiger charge is -2.28. The van der Waals surface area contributed by atoms with E-state index in [0.29, 0.717) is 4.47 Å². The van der Waals surface area contributed by atoms with Crippen LogP contribution in [-0.2, 0) is 4.43 Å². The summed E-state index contributed by atoms with van der Waals surface area (Å²) in [4.78, 5) is 0. The largest absolute Gasteiger partial charge is 0.417 e. The molecule has 0 saturated heterocycles. The molecule has 0 radical (unpaired) electrons. The van der Waals surface area contributed by atoms with E-state index in [1.54, 1.807) is 19.6 Å². The molecule has 0 amide bonds. The lowest BCUT2D eigenvalue weighted by atomic mass is 10.1. The molecule has 1 rings (SSSR count). The van der Waals surface area contributed by atoms with Gasteiger partial charge in [0.1, 0.15) is 0 Å². The molecule has 0 aliphatic rings. The van der Waals surface area contributed by atoms with Crippen LogP contribution in [-0.4, -0.2) is 14.5 Å². The standard InChI is InChI=1S/C11H13BrClF3OSi/c1-18(2,3)17-10(11(14,15)16)7-4-8(12)6-9(13)5-7/h4-6,10H,1-3H3. The summed E-state index contributed by atoms with van der Waals surface area (Å²) >= 11 is 8.91. The molecule has 7 heteroatoms. The molecule has 1 aromatic carbocycles. The predicted molar refractivity (Wildman–Crippen MR) is 72.4 cm³/mol. The van der Waals surface area contributed by atoms with Gasteiger partial charge in [-0.05, 0) is 43.4 Å². The molecule has 1 aromatic rings. The summed E-state index contributed by atoms with van der Waals surface area (Å²) in [5.41, 5.74) is 0.0179. The zero-order valence-corrected chi connectivity index (χ0v) is 13.4. The maximum Gasteiger partial charge on any atom is 0.417 e. The van der Waals surface area contributed by atoms with Gasteiger partial charge in [-0.15, -0.1) is 0 Å². The molecule has 0 heterocycles. The number of halogens is 5. The third-order valence-corrected chi connectivity index (χ3v) is 3.58. The zero-order chi connectivity index (χ0) is 14.1. The fraction of sp³-hybridized carbons (Fsp3) is 0.455. The van der Waals surface area contributed by atoms with Gasteiger partial charge in [-0.2, -0.15) is 13.2 Å². The second-order valence-electron chi connectivity index (χ2n) is 4.85. The number of benzene rings is 1. The minimum atomic E-state index is -4.45. The maximum absolute atomic E-state index is 13.0. The van der Waals surface area contributed by atoms with Gasteiger partial charge < -0.3 is 4.43 Å². The quantitative estimate of drug-likeness (QED) is 0.641. The van der Waals surface area contributed by atoms with Crippen LogP contribution in [0.15, 0.2) is 22.7 Å². The van der Waals surface area contributed by atoms with Crippen molar-refractivity contribution >= 4 is 35.8 Å². The topological polar surface area (TPSA) is 9.23 Å². The highest BCUT2D eigenvalue weighted by Gasteiger charge is 2.44. The van der Waals surface area contributed by atoms with E-state index in [9.17, 15) is 13.2 Å². The van der Waals surface area contributed by atoms with Crippen LogP contribution in [0.3, 0.4) is 0 Å². The van der Waals surface area contributed by atoms with E-state index >= 15 is 0 Å². The van der Waals surface area contributed by atoms with Crippen LogP contribution in [0.5, 0.6) is 0 Å². The highest BCUT2D eigenvalue weighted by atomic mass is 79.9. The minimum Gasteiger partial charge on any atom is -0.403 e. The van der Waals surface area contributed by atoms with Crippen LogP contribution < -0.4 is 0 Å². The fourth-order valence-corrected chi connectivity index (χ4v) is 3.27. The predicted octanol–water partition coefficient (Wildman–Crippen LogP) is 5.56. The summed E-state index contributed by atoms with van der Waals surface area (Å²) in [5, 5.41) is 0.243. The molecule has 0 saturated carbocycles. The normalized spacial score (nSPS) is 14.7. The van der Waals surface area contributed by atoms with Crippen LogP contribution in [0.4, 0.5) is 13.2 Å². The Morgan fingerprint density at radius 3 is 2.17 bits per heavy atom. The summed E-state index contributed by atoms with van der Waals surface area (Å²) in [7, 11) is -2.33. The molecule has 1 atom stereocenters. The molecule has 102 valence electrons. The number of hydrogen-bond donors (Lipinski definition) is 0. The van der Waals surface area contributed by atoms with Crippen molar-refractivity contribution < 1.29 is 17.6 Å². The van der Waals surface area contributed by atoms with Gasteiger partial charge in [0.05, 0.1) is 0 Å². The number of alkyl halides is 3. The molecular weight excluding hydrogens is 349 g/mol. The Morgan fingerprint density at radius 2 is 1.78 bits per heavy atom. The van der Waals surface area contributed by atoms with E-state index in [1.165, 1.54) is 18.2 Å². The highest BCUT2D eigenvalue weighted by Crippen LogP contribution is 2.39.